The third-order valence-electron chi connectivity index (χ3n) is 1.85. The second-order valence-corrected chi connectivity index (χ2v) is 3.07. The molecule has 0 atom stereocenters. The SMILES string of the molecule is CCCCCC#CC(=O)c1ccco1. The van der Waals surface area contributed by atoms with Gasteiger partial charge in [-0.3, -0.25) is 4.79 Å². The standard InChI is InChI=1S/C12H14O2/c1-2-3-4-5-6-8-11(13)12-9-7-10-14-12/h7,9-10H,2-5H2,1H3. The zero-order chi connectivity index (χ0) is 10.2. The number of unbranched alkanes of at least 4 members (excludes halogenated alkanes) is 3. The van der Waals surface area contributed by atoms with Gasteiger partial charge in [-0.25, -0.2) is 0 Å². The number of carbonyl (C=O) groups excluding carboxylic acids is 1. The molecule has 1 heterocycles. The first-order valence-corrected chi connectivity index (χ1v) is 4.91. The molecule has 0 unspecified atom stereocenters. The first kappa shape index (κ1) is 10.6. The largest absolute Gasteiger partial charge is 0.460 e. The Labute approximate surface area is 84.3 Å². The van der Waals surface area contributed by atoms with Crippen LogP contribution >= 0.6 is 0 Å². The van der Waals surface area contributed by atoms with Crippen LogP contribution < -0.4 is 0 Å². The highest BCUT2D eigenvalue weighted by atomic mass is 16.3. The summed E-state index contributed by atoms with van der Waals surface area (Å²) >= 11 is 0. The van der Waals surface area contributed by atoms with Crippen LogP contribution in [0.15, 0.2) is 22.8 Å². The first-order valence-electron chi connectivity index (χ1n) is 4.91. The molecule has 0 saturated carbocycles. The summed E-state index contributed by atoms with van der Waals surface area (Å²) in [6.45, 7) is 2.14. The van der Waals surface area contributed by atoms with E-state index in [9.17, 15) is 4.79 Å². The van der Waals surface area contributed by atoms with E-state index in [0.717, 1.165) is 12.8 Å². The lowest BCUT2D eigenvalue weighted by Gasteiger charge is -1.88. The van der Waals surface area contributed by atoms with Crippen LogP contribution in [0, 0.1) is 11.8 Å². The first-order chi connectivity index (χ1) is 6.84. The summed E-state index contributed by atoms with van der Waals surface area (Å²) in [5, 5.41) is 0. The molecule has 14 heavy (non-hydrogen) atoms. The van der Waals surface area contributed by atoms with E-state index < -0.39 is 0 Å². The fourth-order valence-electron chi connectivity index (χ4n) is 1.08. The maximum Gasteiger partial charge on any atom is 0.271 e. The van der Waals surface area contributed by atoms with Crippen molar-refractivity contribution in [3.8, 4) is 11.8 Å². The Morgan fingerprint density at radius 1 is 1.50 bits per heavy atom. The Kier molecular flexibility index (Phi) is 4.57. The average molecular weight is 190 g/mol. The van der Waals surface area contributed by atoms with E-state index in [2.05, 4.69) is 18.8 Å². The number of Topliss-reactive ketones (excluding diaryl/α,β-unsaturated/α-hetero) is 1. The molecule has 0 fully saturated rings. The van der Waals surface area contributed by atoms with Gasteiger partial charge in [0.05, 0.1) is 6.26 Å². The number of hydrogen-bond donors (Lipinski definition) is 0. The van der Waals surface area contributed by atoms with Crippen molar-refractivity contribution in [1.29, 1.82) is 0 Å². The Morgan fingerprint density at radius 3 is 3.00 bits per heavy atom. The predicted octanol–water partition coefficient (Wildman–Crippen LogP) is 3.05. The minimum Gasteiger partial charge on any atom is -0.460 e. The van der Waals surface area contributed by atoms with E-state index in [1.165, 1.54) is 19.1 Å². The van der Waals surface area contributed by atoms with Crippen LogP contribution in [0.4, 0.5) is 0 Å². The molecule has 74 valence electrons. The Balaban J connectivity index is 2.33. The zero-order valence-electron chi connectivity index (χ0n) is 8.38. The Bertz CT molecular complexity index is 325. The monoisotopic (exact) mass is 190 g/mol. The third kappa shape index (κ3) is 3.49. The Morgan fingerprint density at radius 2 is 2.36 bits per heavy atom. The summed E-state index contributed by atoms with van der Waals surface area (Å²) < 4.78 is 4.92. The lowest BCUT2D eigenvalue weighted by atomic mass is 10.2. The van der Waals surface area contributed by atoms with E-state index in [0.29, 0.717) is 5.76 Å². The van der Waals surface area contributed by atoms with Gasteiger partial charge >= 0.3 is 0 Å². The van der Waals surface area contributed by atoms with Crippen LogP contribution in [0.5, 0.6) is 0 Å². The second-order valence-electron chi connectivity index (χ2n) is 3.07. The molecule has 0 aromatic carbocycles. The maximum absolute atomic E-state index is 11.3. The van der Waals surface area contributed by atoms with E-state index in [4.69, 9.17) is 4.42 Å². The van der Waals surface area contributed by atoms with Gasteiger partial charge < -0.3 is 4.42 Å². The molecule has 1 aromatic rings. The van der Waals surface area contributed by atoms with Crippen LogP contribution in [0.3, 0.4) is 0 Å². The summed E-state index contributed by atoms with van der Waals surface area (Å²) in [7, 11) is 0. The third-order valence-corrected chi connectivity index (χ3v) is 1.85. The van der Waals surface area contributed by atoms with Crippen molar-refractivity contribution in [2.75, 3.05) is 0 Å². The fraction of sp³-hybridized carbons (Fsp3) is 0.417. The van der Waals surface area contributed by atoms with Crippen molar-refractivity contribution in [1.82, 2.24) is 0 Å². The molecule has 2 heteroatoms. The minimum absolute atomic E-state index is 0.230. The van der Waals surface area contributed by atoms with E-state index in [1.54, 1.807) is 12.1 Å². The summed E-state index contributed by atoms with van der Waals surface area (Å²) in [6, 6.07) is 3.31. The van der Waals surface area contributed by atoms with Gasteiger partial charge in [0.25, 0.3) is 5.78 Å². The van der Waals surface area contributed by atoms with Crippen molar-refractivity contribution in [3.63, 3.8) is 0 Å². The second kappa shape index (κ2) is 6.04. The smallest absolute Gasteiger partial charge is 0.271 e. The molecule has 0 aliphatic rings. The quantitative estimate of drug-likeness (QED) is 0.316. The van der Waals surface area contributed by atoms with Crippen LogP contribution in [-0.2, 0) is 0 Å². The summed E-state index contributed by atoms with van der Waals surface area (Å²) in [4.78, 5) is 11.3. The lowest BCUT2D eigenvalue weighted by molar-refractivity contribution is 0.103. The molecule has 0 saturated heterocycles. The zero-order valence-corrected chi connectivity index (χ0v) is 8.38. The molecule has 0 radical (unpaired) electrons. The van der Waals surface area contributed by atoms with Gasteiger partial charge in [0.15, 0.2) is 5.76 Å². The van der Waals surface area contributed by atoms with E-state index in [1.807, 2.05) is 0 Å². The molecule has 0 N–H and O–H groups in total. The summed E-state index contributed by atoms with van der Waals surface area (Å²) in [5.74, 6) is 5.51. The van der Waals surface area contributed by atoms with Crippen molar-refractivity contribution in [3.05, 3.63) is 24.2 Å². The molecule has 1 rings (SSSR count). The van der Waals surface area contributed by atoms with Gasteiger partial charge in [-0.15, -0.1) is 0 Å². The molecule has 2 nitrogen and oxygen atoms in total. The summed E-state index contributed by atoms with van der Waals surface area (Å²) in [6.07, 6.45) is 5.68. The Hall–Kier alpha value is -1.49. The van der Waals surface area contributed by atoms with Gasteiger partial charge in [0.1, 0.15) is 0 Å². The number of ketones is 1. The average Bonchev–Trinajstić information content (AvgIpc) is 2.70. The van der Waals surface area contributed by atoms with Gasteiger partial charge in [0.2, 0.25) is 0 Å². The topological polar surface area (TPSA) is 30.2 Å². The number of carbonyl (C=O) groups is 1. The van der Waals surface area contributed by atoms with Crippen LogP contribution in [0.2, 0.25) is 0 Å². The van der Waals surface area contributed by atoms with Gasteiger partial charge in [-0.2, -0.15) is 0 Å². The van der Waals surface area contributed by atoms with Crippen LogP contribution in [0.1, 0.15) is 43.2 Å². The number of furan rings is 1. The van der Waals surface area contributed by atoms with Crippen molar-refractivity contribution < 1.29 is 9.21 Å². The highest BCUT2D eigenvalue weighted by Crippen LogP contribution is 2.01. The molecule has 0 spiro atoms. The highest BCUT2D eigenvalue weighted by Gasteiger charge is 2.02. The maximum atomic E-state index is 11.3. The van der Waals surface area contributed by atoms with Crippen molar-refractivity contribution in [2.24, 2.45) is 0 Å². The summed E-state index contributed by atoms with van der Waals surface area (Å²) in [5.41, 5.74) is 0. The molecule has 0 bridgehead atoms. The number of rotatable bonds is 4. The van der Waals surface area contributed by atoms with Gasteiger partial charge in [-0.1, -0.05) is 25.7 Å². The highest BCUT2D eigenvalue weighted by molar-refractivity contribution is 6.06. The molecule has 0 aliphatic carbocycles. The van der Waals surface area contributed by atoms with Crippen LogP contribution in [-0.4, -0.2) is 5.78 Å². The van der Waals surface area contributed by atoms with E-state index in [-0.39, 0.29) is 5.78 Å². The van der Waals surface area contributed by atoms with Crippen molar-refractivity contribution >= 4 is 5.78 Å². The number of hydrogen-bond acceptors (Lipinski definition) is 2. The molecular weight excluding hydrogens is 176 g/mol. The lowest BCUT2D eigenvalue weighted by Crippen LogP contribution is -1.90. The predicted molar refractivity (Wildman–Crippen MR) is 55.0 cm³/mol. The molecular formula is C12H14O2. The van der Waals surface area contributed by atoms with Gasteiger partial charge in [-0.05, 0) is 24.5 Å². The van der Waals surface area contributed by atoms with Gasteiger partial charge in [0, 0.05) is 6.42 Å². The molecule has 0 aliphatic heterocycles. The molecule has 1 aromatic heterocycles. The fourth-order valence-corrected chi connectivity index (χ4v) is 1.08. The molecule has 0 amide bonds. The van der Waals surface area contributed by atoms with E-state index >= 15 is 0 Å². The normalized spacial score (nSPS) is 9.21. The minimum atomic E-state index is -0.230. The van der Waals surface area contributed by atoms with Crippen LogP contribution in [0.25, 0.3) is 0 Å². The van der Waals surface area contributed by atoms with Crippen molar-refractivity contribution in [2.45, 2.75) is 32.6 Å².